The van der Waals surface area contributed by atoms with Gasteiger partial charge in [0, 0.05) is 49.0 Å². The first-order valence-electron chi connectivity index (χ1n) is 17.5. The van der Waals surface area contributed by atoms with Gasteiger partial charge >= 0.3 is 5.97 Å². The van der Waals surface area contributed by atoms with Crippen LogP contribution in [0.25, 0.3) is 11.4 Å². The lowest BCUT2D eigenvalue weighted by Gasteiger charge is -2.38. The van der Waals surface area contributed by atoms with Crippen LogP contribution in [0.5, 0.6) is 5.75 Å². The average molecular weight is 695 g/mol. The maximum Gasteiger partial charge on any atom is 0.310 e. The van der Waals surface area contributed by atoms with Gasteiger partial charge in [0.15, 0.2) is 11.6 Å². The Labute approximate surface area is 298 Å². The van der Waals surface area contributed by atoms with Crippen molar-refractivity contribution in [1.82, 2.24) is 14.9 Å². The van der Waals surface area contributed by atoms with Crippen molar-refractivity contribution in [3.05, 3.63) is 93.9 Å². The van der Waals surface area contributed by atoms with Crippen LogP contribution in [0.4, 0.5) is 5.69 Å². The van der Waals surface area contributed by atoms with Crippen LogP contribution < -0.4 is 9.64 Å². The van der Waals surface area contributed by atoms with Crippen LogP contribution in [0, 0.1) is 11.8 Å². The van der Waals surface area contributed by atoms with Crippen molar-refractivity contribution in [1.29, 1.82) is 0 Å². The molecule has 0 saturated carbocycles. The predicted octanol–water partition coefficient (Wildman–Crippen LogP) is 7.26. The second-order valence-corrected chi connectivity index (χ2v) is 15.5. The zero-order valence-electron chi connectivity index (χ0n) is 29.3. The fourth-order valence-corrected chi connectivity index (χ4v) is 7.73. The number of nitrogens with zero attached hydrogens (tertiary/aromatic N) is 4. The Kier molecular flexibility index (Phi) is 10.7. The van der Waals surface area contributed by atoms with E-state index in [0.29, 0.717) is 29.6 Å². The number of thiophene rings is 1. The molecule has 50 heavy (non-hydrogen) atoms. The van der Waals surface area contributed by atoms with Crippen molar-refractivity contribution in [3.8, 4) is 17.1 Å². The van der Waals surface area contributed by atoms with E-state index in [1.165, 1.54) is 16.9 Å². The van der Waals surface area contributed by atoms with Gasteiger partial charge in [-0.1, -0.05) is 57.2 Å². The highest BCUT2D eigenvalue weighted by Crippen LogP contribution is 2.33. The molecule has 2 aromatic carbocycles. The number of carboxylic acids is 1. The van der Waals surface area contributed by atoms with Crippen LogP contribution in [-0.2, 0) is 21.4 Å². The molecule has 2 aromatic heterocycles. The standard InChI is InChI=1S/C40H46N4O5S/c1-5-49-33-12-10-27(11-13-33)28-16-18-43(19-17-28)32-22-41-37(42-23-32)29-8-6-26(7-9-29)20-30(38(46)44-24-31(25-44)39(47)48)21-34(45)35-14-15-36(50-35)40(2,3)4/h6-15,22-23,28,30-31H,5,16-21,24-25H2,1-4H3,(H,47,48). The molecule has 1 N–H and O–H groups in total. The summed E-state index contributed by atoms with van der Waals surface area (Å²) >= 11 is 1.48. The van der Waals surface area contributed by atoms with Crippen LogP contribution in [-0.4, -0.2) is 70.4 Å². The molecule has 4 heterocycles. The zero-order valence-corrected chi connectivity index (χ0v) is 30.1. The maximum absolute atomic E-state index is 13.6. The number of benzene rings is 2. The summed E-state index contributed by atoms with van der Waals surface area (Å²) in [6, 6.07) is 20.1. The van der Waals surface area contributed by atoms with Crippen LogP contribution in [0.15, 0.2) is 73.1 Å². The molecule has 0 aliphatic carbocycles. The number of Topliss-reactive ketones (excluding diaryl/α,β-unsaturated/α-hetero) is 1. The average Bonchev–Trinajstić information content (AvgIpc) is 3.60. The Hall–Kier alpha value is -4.57. The molecule has 0 bridgehead atoms. The second-order valence-electron chi connectivity index (χ2n) is 14.4. The number of ether oxygens (including phenoxy) is 1. The molecular weight excluding hydrogens is 649 g/mol. The van der Waals surface area contributed by atoms with Crippen LogP contribution in [0.1, 0.15) is 78.6 Å². The highest BCUT2D eigenvalue weighted by molar-refractivity contribution is 7.14. The fourth-order valence-electron chi connectivity index (χ4n) is 6.72. The number of hydrogen-bond donors (Lipinski definition) is 1. The summed E-state index contributed by atoms with van der Waals surface area (Å²) < 4.78 is 5.59. The van der Waals surface area contributed by atoms with Crippen molar-refractivity contribution < 1.29 is 24.2 Å². The summed E-state index contributed by atoms with van der Waals surface area (Å²) in [6.45, 7) is 11.2. The van der Waals surface area contributed by atoms with Gasteiger partial charge in [0.2, 0.25) is 5.91 Å². The van der Waals surface area contributed by atoms with E-state index in [2.05, 4.69) is 59.9 Å². The predicted molar refractivity (Wildman–Crippen MR) is 196 cm³/mol. The maximum atomic E-state index is 13.6. The minimum Gasteiger partial charge on any atom is -0.494 e. The first-order valence-corrected chi connectivity index (χ1v) is 18.3. The Morgan fingerprint density at radius 3 is 2.18 bits per heavy atom. The van der Waals surface area contributed by atoms with E-state index in [1.54, 1.807) is 4.90 Å². The number of ketones is 1. The molecular formula is C40H46N4O5S. The van der Waals surface area contributed by atoms with Gasteiger partial charge in [-0.25, -0.2) is 9.97 Å². The molecule has 2 fully saturated rings. The number of carbonyl (C=O) groups excluding carboxylic acids is 2. The highest BCUT2D eigenvalue weighted by atomic mass is 32.1. The van der Waals surface area contributed by atoms with Crippen LogP contribution >= 0.6 is 11.3 Å². The van der Waals surface area contributed by atoms with Gasteiger partial charge in [0.05, 0.1) is 35.5 Å². The van der Waals surface area contributed by atoms with Gasteiger partial charge in [-0.2, -0.15) is 0 Å². The number of carbonyl (C=O) groups is 3. The van der Waals surface area contributed by atoms with Crippen LogP contribution in [0.2, 0.25) is 0 Å². The quantitative estimate of drug-likeness (QED) is 0.154. The van der Waals surface area contributed by atoms with Crippen molar-refractivity contribution >= 4 is 34.7 Å². The number of amides is 1. The second kappa shape index (κ2) is 15.1. The minimum atomic E-state index is -0.898. The molecule has 0 spiro atoms. The lowest BCUT2D eigenvalue weighted by Crippen LogP contribution is -2.55. The van der Waals surface area contributed by atoms with Crippen molar-refractivity contribution in [2.75, 3.05) is 37.7 Å². The van der Waals surface area contributed by atoms with E-state index in [-0.39, 0.29) is 36.6 Å². The number of piperidine rings is 1. The topological polar surface area (TPSA) is 113 Å². The largest absolute Gasteiger partial charge is 0.494 e. The summed E-state index contributed by atoms with van der Waals surface area (Å²) in [7, 11) is 0. The molecule has 1 amide bonds. The number of rotatable bonds is 12. The lowest BCUT2D eigenvalue weighted by atomic mass is 9.89. The minimum absolute atomic E-state index is 0.0651. The molecule has 1 unspecified atom stereocenters. The molecule has 4 aromatic rings. The molecule has 6 rings (SSSR count). The van der Waals surface area contributed by atoms with E-state index >= 15 is 0 Å². The third-order valence-electron chi connectivity index (χ3n) is 9.80. The summed E-state index contributed by atoms with van der Waals surface area (Å²) in [5.74, 6) is -0.209. The van der Waals surface area contributed by atoms with Crippen molar-refractivity contribution in [2.45, 2.75) is 64.7 Å². The summed E-state index contributed by atoms with van der Waals surface area (Å²) in [6.07, 6.45) is 6.36. The van der Waals surface area contributed by atoms with E-state index in [4.69, 9.17) is 4.74 Å². The number of anilines is 1. The molecule has 2 aliphatic heterocycles. The number of carboxylic acid groups (broad SMARTS) is 1. The van der Waals surface area contributed by atoms with Gasteiger partial charge in [0.25, 0.3) is 0 Å². The SMILES string of the molecule is CCOc1ccc(C2CCN(c3cnc(-c4ccc(CC(CC(=O)c5ccc(C(C)(C)C)s5)C(=O)N5CC(C(=O)O)C5)cc4)nc3)CC2)cc1. The van der Waals surface area contributed by atoms with Gasteiger partial charge in [-0.15, -0.1) is 11.3 Å². The molecule has 2 saturated heterocycles. The zero-order chi connectivity index (χ0) is 35.4. The first kappa shape index (κ1) is 35.3. The molecule has 2 aliphatic rings. The van der Waals surface area contributed by atoms with Gasteiger partial charge < -0.3 is 19.6 Å². The van der Waals surface area contributed by atoms with Crippen molar-refractivity contribution in [2.24, 2.45) is 11.8 Å². The third-order valence-corrected chi connectivity index (χ3v) is 11.4. The monoisotopic (exact) mass is 694 g/mol. The van der Waals surface area contributed by atoms with Gasteiger partial charge in [-0.3, -0.25) is 14.4 Å². The lowest BCUT2D eigenvalue weighted by molar-refractivity contribution is -0.154. The molecule has 9 nitrogen and oxygen atoms in total. The Morgan fingerprint density at radius 1 is 0.940 bits per heavy atom. The Balaban J connectivity index is 1.08. The highest BCUT2D eigenvalue weighted by Gasteiger charge is 2.39. The summed E-state index contributed by atoms with van der Waals surface area (Å²) in [4.78, 5) is 53.4. The summed E-state index contributed by atoms with van der Waals surface area (Å²) in [5.41, 5.74) is 4.09. The van der Waals surface area contributed by atoms with E-state index < -0.39 is 17.8 Å². The molecule has 0 radical (unpaired) electrons. The van der Waals surface area contributed by atoms with E-state index in [1.807, 2.05) is 55.7 Å². The van der Waals surface area contributed by atoms with E-state index in [0.717, 1.165) is 53.4 Å². The normalized spacial score (nSPS) is 16.2. The fraction of sp³-hybridized carbons (Fsp3) is 0.425. The number of hydrogen-bond acceptors (Lipinski definition) is 8. The smallest absolute Gasteiger partial charge is 0.310 e. The number of aliphatic carboxylic acids is 1. The third kappa shape index (κ3) is 8.24. The van der Waals surface area contributed by atoms with Crippen LogP contribution in [0.3, 0.4) is 0 Å². The summed E-state index contributed by atoms with van der Waals surface area (Å²) in [5, 5.41) is 9.33. The first-order chi connectivity index (χ1) is 24.0. The number of aromatic nitrogens is 2. The molecule has 10 heteroatoms. The molecule has 262 valence electrons. The Morgan fingerprint density at radius 2 is 1.60 bits per heavy atom. The Bertz CT molecular complexity index is 1780. The van der Waals surface area contributed by atoms with Gasteiger partial charge in [-0.05, 0) is 72.9 Å². The number of likely N-dealkylation sites (tertiary alicyclic amines) is 1. The van der Waals surface area contributed by atoms with E-state index in [9.17, 15) is 19.5 Å². The van der Waals surface area contributed by atoms with Gasteiger partial charge in [0.1, 0.15) is 5.75 Å². The molecule has 1 atom stereocenters. The van der Waals surface area contributed by atoms with Crippen molar-refractivity contribution in [3.63, 3.8) is 0 Å².